The van der Waals surface area contributed by atoms with Crippen molar-refractivity contribution >= 4 is 6.03 Å². The van der Waals surface area contributed by atoms with E-state index in [1.165, 1.54) is 0 Å². The second-order valence-corrected chi connectivity index (χ2v) is 4.74. The Morgan fingerprint density at radius 1 is 1.05 bits per heavy atom. The standard InChI is InChI=1S/C17H20N2O/c1-19(14-16-10-6-3-7-11-16)17(20)18-13-12-15-8-4-2-5-9-15/h2-11H,12-14H2,1H3,(H,18,20)/i/hD. The SMILES string of the molecule is [2H]N(CCc1ccccc1)C(=O)N(C)Cc1ccccc1. The summed E-state index contributed by atoms with van der Waals surface area (Å²) in [5.41, 5.74) is 2.19. The predicted molar refractivity (Wildman–Crippen MR) is 81.5 cm³/mol. The van der Waals surface area contributed by atoms with Gasteiger partial charge in [-0.3, -0.25) is 0 Å². The first kappa shape index (κ1) is 12.7. The molecule has 0 atom stereocenters. The van der Waals surface area contributed by atoms with E-state index in [2.05, 4.69) is 0 Å². The van der Waals surface area contributed by atoms with E-state index in [1.54, 1.807) is 11.9 Å². The van der Waals surface area contributed by atoms with E-state index in [9.17, 15) is 4.79 Å². The molecule has 1 N–H and O–H groups in total. The summed E-state index contributed by atoms with van der Waals surface area (Å²) in [4.78, 5) is 13.7. The highest BCUT2D eigenvalue weighted by Gasteiger charge is 2.07. The number of urea groups is 1. The molecular formula is C17H20N2O. The molecule has 0 aliphatic carbocycles. The van der Waals surface area contributed by atoms with E-state index in [4.69, 9.17) is 1.41 Å². The van der Waals surface area contributed by atoms with Crippen LogP contribution < -0.4 is 5.31 Å². The van der Waals surface area contributed by atoms with E-state index in [1.807, 2.05) is 60.7 Å². The van der Waals surface area contributed by atoms with Gasteiger partial charge in [-0.05, 0) is 17.5 Å². The molecule has 0 spiro atoms. The van der Waals surface area contributed by atoms with Gasteiger partial charge in [-0.2, -0.15) is 0 Å². The highest BCUT2D eigenvalue weighted by molar-refractivity contribution is 5.73. The molecule has 0 radical (unpaired) electrons. The molecule has 0 bridgehead atoms. The van der Waals surface area contributed by atoms with Crippen molar-refractivity contribution < 1.29 is 6.21 Å². The summed E-state index contributed by atoms with van der Waals surface area (Å²) >= 11 is 0. The maximum atomic E-state index is 12.1. The third kappa shape index (κ3) is 4.43. The Labute approximate surface area is 121 Å². The molecule has 0 fully saturated rings. The predicted octanol–water partition coefficient (Wildman–Crippen LogP) is 3.07. The van der Waals surface area contributed by atoms with Crippen LogP contribution in [0.3, 0.4) is 0 Å². The van der Waals surface area contributed by atoms with Crippen molar-refractivity contribution in [2.45, 2.75) is 13.0 Å². The Kier molecular flexibility index (Phi) is 4.67. The van der Waals surface area contributed by atoms with Crippen LogP contribution in [0.2, 0.25) is 1.41 Å². The van der Waals surface area contributed by atoms with Crippen molar-refractivity contribution in [1.29, 1.82) is 0 Å². The van der Waals surface area contributed by atoms with Crippen LogP contribution in [-0.2, 0) is 13.0 Å². The van der Waals surface area contributed by atoms with Crippen LogP contribution in [-0.4, -0.2) is 24.5 Å². The number of carbonyl (C=O) groups excluding carboxylic acids is 1. The average Bonchev–Trinajstić information content (AvgIpc) is 2.53. The lowest BCUT2D eigenvalue weighted by molar-refractivity contribution is 0.207. The van der Waals surface area contributed by atoms with Crippen molar-refractivity contribution in [2.24, 2.45) is 0 Å². The second-order valence-electron chi connectivity index (χ2n) is 4.74. The molecule has 2 aromatic rings. The molecule has 2 aromatic carbocycles. The third-order valence-corrected chi connectivity index (χ3v) is 3.08. The smallest absolute Gasteiger partial charge is 0.317 e. The highest BCUT2D eigenvalue weighted by atomic mass is 16.2. The molecular weight excluding hydrogens is 248 g/mol. The zero-order chi connectivity index (χ0) is 15.1. The molecule has 3 heteroatoms. The number of nitrogens with zero attached hydrogens (tertiary/aromatic N) is 1. The van der Waals surface area contributed by atoms with E-state index in [0.717, 1.165) is 16.4 Å². The summed E-state index contributed by atoms with van der Waals surface area (Å²) in [5.74, 6) is 0. The van der Waals surface area contributed by atoms with E-state index >= 15 is 0 Å². The number of rotatable bonds is 5. The first-order chi connectivity index (χ1) is 10.2. The minimum Gasteiger partial charge on any atom is -0.338 e. The van der Waals surface area contributed by atoms with E-state index in [0.29, 0.717) is 19.5 Å². The lowest BCUT2D eigenvalue weighted by Gasteiger charge is -2.18. The van der Waals surface area contributed by atoms with Gasteiger partial charge in [0.05, 0.1) is 0 Å². The Balaban J connectivity index is 1.84. The number of carbonyl (C=O) groups is 1. The Hall–Kier alpha value is -2.29. The molecule has 3 nitrogen and oxygen atoms in total. The van der Waals surface area contributed by atoms with Gasteiger partial charge in [0.1, 0.15) is 0 Å². The molecule has 0 heterocycles. The summed E-state index contributed by atoms with van der Waals surface area (Å²) in [6, 6.07) is 19.4. The van der Waals surface area contributed by atoms with Crippen LogP contribution in [0.5, 0.6) is 0 Å². The van der Waals surface area contributed by atoms with Crippen LogP contribution in [0.1, 0.15) is 11.1 Å². The molecule has 20 heavy (non-hydrogen) atoms. The van der Waals surface area contributed by atoms with E-state index in [-0.39, 0.29) is 6.03 Å². The van der Waals surface area contributed by atoms with Crippen LogP contribution in [0.15, 0.2) is 60.7 Å². The van der Waals surface area contributed by atoms with Gasteiger partial charge in [0.2, 0.25) is 0 Å². The topological polar surface area (TPSA) is 32.3 Å². The molecule has 2 amide bonds. The van der Waals surface area contributed by atoms with Crippen molar-refractivity contribution in [2.75, 3.05) is 13.6 Å². The number of hydrogen-bond donors (Lipinski definition) is 1. The van der Waals surface area contributed by atoms with Crippen LogP contribution in [0.25, 0.3) is 0 Å². The van der Waals surface area contributed by atoms with Gasteiger partial charge in [0.25, 0.3) is 0 Å². The summed E-state index contributed by atoms with van der Waals surface area (Å²) in [6.45, 7) is 0.905. The lowest BCUT2D eigenvalue weighted by Crippen LogP contribution is -2.37. The summed E-state index contributed by atoms with van der Waals surface area (Å²) in [6.07, 6.45) is 0.690. The largest absolute Gasteiger partial charge is 0.338 e. The van der Waals surface area contributed by atoms with Crippen LogP contribution in [0.4, 0.5) is 4.79 Å². The number of nitrogens with one attached hydrogen (secondary N) is 1. The first-order valence-electron chi connectivity index (χ1n) is 7.21. The minimum atomic E-state index is -0.283. The van der Waals surface area contributed by atoms with Crippen molar-refractivity contribution in [3.05, 3.63) is 71.8 Å². The lowest BCUT2D eigenvalue weighted by atomic mass is 10.1. The molecule has 2 rings (SSSR count). The maximum Gasteiger partial charge on any atom is 0.317 e. The fraction of sp³-hybridized carbons (Fsp3) is 0.235. The molecule has 0 aliphatic rings. The van der Waals surface area contributed by atoms with Gasteiger partial charge >= 0.3 is 6.03 Å². The summed E-state index contributed by atoms with van der Waals surface area (Å²) in [5, 5.41) is 1.02. The Bertz CT molecular complexity index is 560. The zero-order valence-electron chi connectivity index (χ0n) is 12.7. The van der Waals surface area contributed by atoms with Gasteiger partial charge in [-0.1, -0.05) is 60.7 Å². The average molecular weight is 269 g/mol. The van der Waals surface area contributed by atoms with Crippen molar-refractivity contribution in [1.82, 2.24) is 10.2 Å². The summed E-state index contributed by atoms with van der Waals surface area (Å²) < 4.78 is 7.87. The summed E-state index contributed by atoms with van der Waals surface area (Å²) in [7, 11) is 1.72. The molecule has 0 aromatic heterocycles. The number of amides is 2. The quantitative estimate of drug-likeness (QED) is 0.889. The van der Waals surface area contributed by atoms with Crippen LogP contribution >= 0.6 is 0 Å². The van der Waals surface area contributed by atoms with E-state index < -0.39 is 0 Å². The van der Waals surface area contributed by atoms with Crippen molar-refractivity contribution in [3.63, 3.8) is 0 Å². The molecule has 0 saturated heterocycles. The first-order valence-corrected chi connectivity index (χ1v) is 6.76. The minimum absolute atomic E-state index is 0.283. The number of benzene rings is 2. The molecule has 0 aliphatic heterocycles. The van der Waals surface area contributed by atoms with Gasteiger partial charge in [0.15, 0.2) is 1.41 Å². The third-order valence-electron chi connectivity index (χ3n) is 3.08. The monoisotopic (exact) mass is 269 g/mol. The molecule has 0 unspecified atom stereocenters. The van der Waals surface area contributed by atoms with Gasteiger partial charge < -0.3 is 10.2 Å². The zero-order valence-corrected chi connectivity index (χ0v) is 11.7. The van der Waals surface area contributed by atoms with Gasteiger partial charge in [0, 0.05) is 20.1 Å². The fourth-order valence-corrected chi connectivity index (χ4v) is 1.97. The van der Waals surface area contributed by atoms with Gasteiger partial charge in [-0.25, -0.2) is 4.79 Å². The van der Waals surface area contributed by atoms with Crippen LogP contribution in [0, 0.1) is 0 Å². The molecule has 104 valence electrons. The normalized spacial score (nSPS) is 10.8. The second kappa shape index (κ2) is 7.34. The highest BCUT2D eigenvalue weighted by Crippen LogP contribution is 2.03. The van der Waals surface area contributed by atoms with Gasteiger partial charge in [-0.15, -0.1) is 0 Å². The fourth-order valence-electron chi connectivity index (χ4n) is 1.97. The Morgan fingerprint density at radius 3 is 2.20 bits per heavy atom. The maximum absolute atomic E-state index is 12.1. The number of hydrogen-bond acceptors (Lipinski definition) is 1. The van der Waals surface area contributed by atoms with Crippen molar-refractivity contribution in [3.8, 4) is 0 Å². The molecule has 0 saturated carbocycles. The Morgan fingerprint density at radius 2 is 1.60 bits per heavy atom.